The highest BCUT2D eigenvalue weighted by molar-refractivity contribution is 9.10. The van der Waals surface area contributed by atoms with Gasteiger partial charge in [-0.05, 0) is 44.9 Å². The average molecular weight is 326 g/mol. The van der Waals surface area contributed by atoms with Gasteiger partial charge >= 0.3 is 0 Å². The minimum atomic E-state index is 0.324. The van der Waals surface area contributed by atoms with Gasteiger partial charge in [0, 0.05) is 16.4 Å². The molecule has 0 amide bonds. The van der Waals surface area contributed by atoms with Crippen LogP contribution in [0.2, 0.25) is 0 Å². The summed E-state index contributed by atoms with van der Waals surface area (Å²) >= 11 is 3.65. The number of likely N-dealkylation sites (N-methyl/N-ethyl adjacent to an activating group) is 1. The summed E-state index contributed by atoms with van der Waals surface area (Å²) in [7, 11) is 2.06. The van der Waals surface area contributed by atoms with Crippen LogP contribution in [0.5, 0.6) is 0 Å². The number of ether oxygens (including phenoxy) is 1. The summed E-state index contributed by atoms with van der Waals surface area (Å²) in [6.07, 6.45) is 1.72. The van der Waals surface area contributed by atoms with Crippen LogP contribution in [0.4, 0.5) is 0 Å². The van der Waals surface area contributed by atoms with E-state index in [2.05, 4.69) is 73.3 Å². The molecular formula is C16H24BrNO. The quantitative estimate of drug-likeness (QED) is 0.912. The van der Waals surface area contributed by atoms with E-state index in [1.54, 1.807) is 0 Å². The lowest BCUT2D eigenvalue weighted by Gasteiger charge is -2.29. The molecule has 1 aromatic rings. The maximum Gasteiger partial charge on any atom is 0.0597 e. The van der Waals surface area contributed by atoms with Crippen molar-refractivity contribution in [1.82, 2.24) is 5.32 Å². The molecule has 2 nitrogen and oxygen atoms in total. The molecular weight excluding hydrogens is 302 g/mol. The highest BCUT2D eigenvalue weighted by atomic mass is 79.9. The van der Waals surface area contributed by atoms with Gasteiger partial charge in [-0.3, -0.25) is 0 Å². The molecule has 1 N–H and O–H groups in total. The van der Waals surface area contributed by atoms with E-state index < -0.39 is 0 Å². The number of halogens is 1. The number of rotatable bonds is 4. The van der Waals surface area contributed by atoms with Gasteiger partial charge in [0.25, 0.3) is 0 Å². The molecule has 1 fully saturated rings. The molecule has 0 spiro atoms. The van der Waals surface area contributed by atoms with Gasteiger partial charge < -0.3 is 10.1 Å². The van der Waals surface area contributed by atoms with Gasteiger partial charge in [-0.25, -0.2) is 0 Å². The third-order valence-corrected chi connectivity index (χ3v) is 5.33. The van der Waals surface area contributed by atoms with Gasteiger partial charge in [0.2, 0.25) is 0 Å². The van der Waals surface area contributed by atoms with Crippen LogP contribution in [0.1, 0.15) is 26.3 Å². The molecule has 106 valence electrons. The minimum absolute atomic E-state index is 0.324. The maximum absolute atomic E-state index is 5.99. The molecule has 1 saturated heterocycles. The Morgan fingerprint density at radius 1 is 1.21 bits per heavy atom. The Bertz CT molecular complexity index is 423. The van der Waals surface area contributed by atoms with Crippen LogP contribution in [0.25, 0.3) is 0 Å². The van der Waals surface area contributed by atoms with Crippen LogP contribution in [0.3, 0.4) is 0 Å². The van der Waals surface area contributed by atoms with Gasteiger partial charge in [0.05, 0.1) is 12.2 Å². The molecule has 0 bridgehead atoms. The lowest BCUT2D eigenvalue weighted by Crippen LogP contribution is -2.41. The monoisotopic (exact) mass is 325 g/mol. The Morgan fingerprint density at radius 2 is 1.89 bits per heavy atom. The Kier molecular flexibility index (Phi) is 5.04. The van der Waals surface area contributed by atoms with E-state index in [1.165, 1.54) is 10.0 Å². The Hall–Kier alpha value is -0.380. The molecule has 1 aliphatic rings. The van der Waals surface area contributed by atoms with E-state index in [-0.39, 0.29) is 0 Å². The first kappa shape index (κ1) is 15.0. The van der Waals surface area contributed by atoms with E-state index in [1.807, 2.05) is 0 Å². The van der Waals surface area contributed by atoms with Crippen molar-refractivity contribution in [2.24, 2.45) is 11.8 Å². The Morgan fingerprint density at radius 3 is 2.42 bits per heavy atom. The van der Waals surface area contributed by atoms with Gasteiger partial charge in [0.1, 0.15) is 0 Å². The van der Waals surface area contributed by atoms with Crippen LogP contribution < -0.4 is 5.32 Å². The zero-order valence-corrected chi connectivity index (χ0v) is 13.8. The summed E-state index contributed by atoms with van der Waals surface area (Å²) in [5.74, 6) is 1.15. The lowest BCUT2D eigenvalue weighted by atomic mass is 9.81. The predicted octanol–water partition coefficient (Wildman–Crippen LogP) is 3.64. The fraction of sp³-hybridized carbons (Fsp3) is 0.625. The number of hydrogen-bond donors (Lipinski definition) is 1. The first-order valence-corrected chi connectivity index (χ1v) is 7.90. The van der Waals surface area contributed by atoms with Crippen LogP contribution in [-0.4, -0.2) is 25.3 Å². The number of benzene rings is 1. The second kappa shape index (κ2) is 6.38. The standard InChI is InChI=1S/C16H24BrNO/c1-10-11(2)19-12(3)16(10)15(18-4)9-13-7-5-6-8-14(13)17/h5-8,10-12,15-16,18H,9H2,1-4H3. The number of hydrogen-bond acceptors (Lipinski definition) is 2. The van der Waals surface area contributed by atoms with Crippen molar-refractivity contribution in [1.29, 1.82) is 0 Å². The molecule has 0 radical (unpaired) electrons. The summed E-state index contributed by atoms with van der Waals surface area (Å²) in [5.41, 5.74) is 1.36. The van der Waals surface area contributed by atoms with Gasteiger partial charge in [0.15, 0.2) is 0 Å². The topological polar surface area (TPSA) is 21.3 Å². The largest absolute Gasteiger partial charge is 0.375 e. The predicted molar refractivity (Wildman–Crippen MR) is 83.4 cm³/mol. The molecule has 0 saturated carbocycles. The van der Waals surface area contributed by atoms with Gasteiger partial charge in [-0.2, -0.15) is 0 Å². The lowest BCUT2D eigenvalue weighted by molar-refractivity contribution is 0.0479. The molecule has 1 aliphatic heterocycles. The first-order valence-electron chi connectivity index (χ1n) is 7.10. The number of nitrogens with one attached hydrogen (secondary N) is 1. The molecule has 5 atom stereocenters. The fourth-order valence-corrected chi connectivity index (χ4v) is 3.77. The average Bonchev–Trinajstić information content (AvgIpc) is 2.63. The minimum Gasteiger partial charge on any atom is -0.375 e. The van der Waals surface area contributed by atoms with Gasteiger partial charge in [-0.15, -0.1) is 0 Å². The third kappa shape index (κ3) is 3.21. The van der Waals surface area contributed by atoms with Crippen molar-refractivity contribution in [3.05, 3.63) is 34.3 Å². The van der Waals surface area contributed by atoms with Crippen LogP contribution in [-0.2, 0) is 11.2 Å². The highest BCUT2D eigenvalue weighted by Gasteiger charge is 2.41. The summed E-state index contributed by atoms with van der Waals surface area (Å²) in [5, 5.41) is 3.50. The second-order valence-electron chi connectivity index (χ2n) is 5.67. The van der Waals surface area contributed by atoms with Crippen molar-refractivity contribution >= 4 is 15.9 Å². The molecule has 1 aromatic carbocycles. The highest BCUT2D eigenvalue weighted by Crippen LogP contribution is 2.36. The Labute approximate surface area is 125 Å². The molecule has 5 unspecified atom stereocenters. The van der Waals surface area contributed by atoms with Gasteiger partial charge in [-0.1, -0.05) is 41.1 Å². The molecule has 2 rings (SSSR count). The van der Waals surface area contributed by atoms with Crippen LogP contribution in [0, 0.1) is 11.8 Å². The van der Waals surface area contributed by atoms with E-state index in [0.717, 1.165) is 6.42 Å². The molecule has 1 heterocycles. The summed E-state index contributed by atoms with van der Waals surface area (Å²) < 4.78 is 7.18. The Balaban J connectivity index is 2.15. The van der Waals surface area contributed by atoms with Crippen molar-refractivity contribution in [3.63, 3.8) is 0 Å². The molecule has 3 heteroatoms. The summed E-state index contributed by atoms with van der Waals surface area (Å²) in [4.78, 5) is 0. The van der Waals surface area contributed by atoms with E-state index in [0.29, 0.717) is 30.1 Å². The van der Waals surface area contributed by atoms with Crippen molar-refractivity contribution in [2.45, 2.75) is 45.4 Å². The first-order chi connectivity index (χ1) is 9.04. The fourth-order valence-electron chi connectivity index (χ4n) is 3.32. The third-order valence-electron chi connectivity index (χ3n) is 4.55. The maximum atomic E-state index is 5.99. The van der Waals surface area contributed by atoms with Crippen LogP contribution in [0.15, 0.2) is 28.7 Å². The van der Waals surface area contributed by atoms with Crippen molar-refractivity contribution < 1.29 is 4.74 Å². The van der Waals surface area contributed by atoms with Crippen molar-refractivity contribution in [2.75, 3.05) is 7.05 Å². The summed E-state index contributed by atoms with van der Waals surface area (Å²) in [6, 6.07) is 8.93. The van der Waals surface area contributed by atoms with E-state index in [4.69, 9.17) is 4.74 Å². The van der Waals surface area contributed by atoms with E-state index >= 15 is 0 Å². The zero-order valence-electron chi connectivity index (χ0n) is 12.2. The SMILES string of the molecule is CNC(Cc1ccccc1Br)C1C(C)OC(C)C1C. The molecule has 19 heavy (non-hydrogen) atoms. The van der Waals surface area contributed by atoms with E-state index in [9.17, 15) is 0 Å². The smallest absolute Gasteiger partial charge is 0.0597 e. The summed E-state index contributed by atoms with van der Waals surface area (Å²) in [6.45, 7) is 6.70. The second-order valence-corrected chi connectivity index (χ2v) is 6.53. The normalized spacial score (nSPS) is 32.5. The van der Waals surface area contributed by atoms with Crippen LogP contribution >= 0.6 is 15.9 Å². The molecule has 0 aromatic heterocycles. The van der Waals surface area contributed by atoms with Crippen molar-refractivity contribution in [3.8, 4) is 0 Å². The zero-order chi connectivity index (χ0) is 14.0. The molecule has 0 aliphatic carbocycles.